The Kier molecular flexibility index (Phi) is 13.2. The summed E-state index contributed by atoms with van der Waals surface area (Å²) in [5.74, 6) is 0. The average Bonchev–Trinajstić information content (AvgIpc) is 2.56. The highest BCUT2D eigenvalue weighted by Gasteiger charge is 2.19. The SMILES string of the molecule is CCCCCCCCCCCCN(CCO)C1CCCCC1. The molecule has 2 nitrogen and oxygen atoms in total. The topological polar surface area (TPSA) is 23.5 Å². The fourth-order valence-electron chi connectivity index (χ4n) is 3.85. The molecule has 0 heterocycles. The van der Waals surface area contributed by atoms with Gasteiger partial charge in [0.25, 0.3) is 0 Å². The van der Waals surface area contributed by atoms with Crippen LogP contribution in [-0.2, 0) is 0 Å². The van der Waals surface area contributed by atoms with E-state index in [1.165, 1.54) is 103 Å². The normalized spacial score (nSPS) is 16.5. The van der Waals surface area contributed by atoms with Crippen LogP contribution < -0.4 is 0 Å². The number of nitrogens with zero attached hydrogens (tertiary/aromatic N) is 1. The van der Waals surface area contributed by atoms with Gasteiger partial charge in [-0.2, -0.15) is 0 Å². The number of hydrogen-bond acceptors (Lipinski definition) is 2. The molecule has 0 amide bonds. The summed E-state index contributed by atoms with van der Waals surface area (Å²) < 4.78 is 0. The molecule has 0 aliphatic heterocycles. The summed E-state index contributed by atoms with van der Waals surface area (Å²) in [6.45, 7) is 4.71. The van der Waals surface area contributed by atoms with E-state index in [1.807, 2.05) is 0 Å². The van der Waals surface area contributed by atoms with E-state index in [9.17, 15) is 5.11 Å². The van der Waals surface area contributed by atoms with Crippen LogP contribution in [0.2, 0.25) is 0 Å². The summed E-state index contributed by atoms with van der Waals surface area (Å²) in [4.78, 5) is 2.57. The van der Waals surface area contributed by atoms with Crippen LogP contribution in [0.1, 0.15) is 103 Å². The standard InChI is InChI=1S/C20H41NO/c1-2-3-4-5-6-7-8-9-10-14-17-21(18-19-22)20-15-12-11-13-16-20/h20,22H,2-19H2,1H3. The third kappa shape index (κ3) is 9.84. The molecule has 0 saturated heterocycles. The largest absolute Gasteiger partial charge is 0.395 e. The highest BCUT2D eigenvalue weighted by molar-refractivity contribution is 4.75. The maximum Gasteiger partial charge on any atom is 0.0558 e. The molecule has 0 aromatic heterocycles. The van der Waals surface area contributed by atoms with Crippen molar-refractivity contribution in [3.8, 4) is 0 Å². The van der Waals surface area contributed by atoms with Crippen LogP contribution in [0.3, 0.4) is 0 Å². The number of unbranched alkanes of at least 4 members (excludes halogenated alkanes) is 9. The van der Waals surface area contributed by atoms with Gasteiger partial charge in [-0.05, 0) is 25.8 Å². The molecule has 22 heavy (non-hydrogen) atoms. The van der Waals surface area contributed by atoms with E-state index in [2.05, 4.69) is 11.8 Å². The minimum Gasteiger partial charge on any atom is -0.395 e. The van der Waals surface area contributed by atoms with Gasteiger partial charge in [0.1, 0.15) is 0 Å². The molecule has 1 aliphatic rings. The van der Waals surface area contributed by atoms with Gasteiger partial charge in [-0.25, -0.2) is 0 Å². The van der Waals surface area contributed by atoms with Gasteiger partial charge < -0.3 is 5.11 Å². The Morgan fingerprint density at radius 3 is 1.82 bits per heavy atom. The number of rotatable bonds is 14. The molecule has 0 radical (unpaired) electrons. The van der Waals surface area contributed by atoms with E-state index < -0.39 is 0 Å². The number of aliphatic hydroxyl groups excluding tert-OH is 1. The second-order valence-electron chi connectivity index (χ2n) is 7.23. The summed E-state index contributed by atoms with van der Waals surface area (Å²) in [7, 11) is 0. The van der Waals surface area contributed by atoms with Crippen molar-refractivity contribution in [2.45, 2.75) is 109 Å². The van der Waals surface area contributed by atoms with Crippen molar-refractivity contribution < 1.29 is 5.11 Å². The lowest BCUT2D eigenvalue weighted by atomic mass is 9.94. The van der Waals surface area contributed by atoms with Gasteiger partial charge in [-0.15, -0.1) is 0 Å². The first-order valence-electron chi connectivity index (χ1n) is 10.2. The molecule has 0 aromatic rings. The molecular weight excluding hydrogens is 270 g/mol. The first kappa shape index (κ1) is 20.0. The molecule has 0 spiro atoms. The van der Waals surface area contributed by atoms with Crippen LogP contribution in [0.4, 0.5) is 0 Å². The van der Waals surface area contributed by atoms with Gasteiger partial charge in [0, 0.05) is 12.6 Å². The molecule has 0 atom stereocenters. The zero-order valence-electron chi connectivity index (χ0n) is 15.2. The third-order valence-electron chi connectivity index (χ3n) is 5.28. The van der Waals surface area contributed by atoms with Crippen LogP contribution in [-0.4, -0.2) is 35.7 Å². The minimum absolute atomic E-state index is 0.328. The van der Waals surface area contributed by atoms with E-state index >= 15 is 0 Å². The van der Waals surface area contributed by atoms with E-state index in [0.717, 1.165) is 12.6 Å². The third-order valence-corrected chi connectivity index (χ3v) is 5.28. The number of aliphatic hydroxyl groups is 1. The Balaban J connectivity index is 1.96. The summed E-state index contributed by atoms with van der Waals surface area (Å²) >= 11 is 0. The second-order valence-corrected chi connectivity index (χ2v) is 7.23. The van der Waals surface area contributed by atoms with E-state index in [4.69, 9.17) is 0 Å². The molecule has 1 saturated carbocycles. The molecular formula is C20H41NO. The van der Waals surface area contributed by atoms with Crippen molar-refractivity contribution in [2.75, 3.05) is 19.7 Å². The van der Waals surface area contributed by atoms with E-state index in [-0.39, 0.29) is 0 Å². The smallest absolute Gasteiger partial charge is 0.0558 e. The second kappa shape index (κ2) is 14.5. The summed E-state index contributed by atoms with van der Waals surface area (Å²) in [5.41, 5.74) is 0. The van der Waals surface area contributed by atoms with Gasteiger partial charge in [0.2, 0.25) is 0 Å². The molecule has 1 aliphatic carbocycles. The van der Waals surface area contributed by atoms with Crippen molar-refractivity contribution in [2.24, 2.45) is 0 Å². The first-order valence-corrected chi connectivity index (χ1v) is 10.2. The van der Waals surface area contributed by atoms with Gasteiger partial charge in [-0.1, -0.05) is 84.0 Å². The van der Waals surface area contributed by atoms with Crippen LogP contribution in [0, 0.1) is 0 Å². The van der Waals surface area contributed by atoms with Crippen molar-refractivity contribution >= 4 is 0 Å². The van der Waals surface area contributed by atoms with Crippen molar-refractivity contribution in [3.63, 3.8) is 0 Å². The van der Waals surface area contributed by atoms with E-state index in [0.29, 0.717) is 6.61 Å². The number of hydrogen-bond donors (Lipinski definition) is 1. The fourth-order valence-corrected chi connectivity index (χ4v) is 3.85. The van der Waals surface area contributed by atoms with Crippen LogP contribution in [0.15, 0.2) is 0 Å². The predicted octanol–water partition coefficient (Wildman–Crippen LogP) is 5.53. The summed E-state index contributed by atoms with van der Waals surface area (Å²) in [6, 6.07) is 0.763. The van der Waals surface area contributed by atoms with Crippen LogP contribution >= 0.6 is 0 Å². The molecule has 0 unspecified atom stereocenters. The monoisotopic (exact) mass is 311 g/mol. The highest BCUT2D eigenvalue weighted by atomic mass is 16.3. The lowest BCUT2D eigenvalue weighted by Gasteiger charge is -2.34. The van der Waals surface area contributed by atoms with Crippen molar-refractivity contribution in [1.29, 1.82) is 0 Å². The van der Waals surface area contributed by atoms with Crippen LogP contribution in [0.25, 0.3) is 0 Å². The molecule has 2 heteroatoms. The molecule has 0 aromatic carbocycles. The van der Waals surface area contributed by atoms with E-state index in [1.54, 1.807) is 0 Å². The van der Waals surface area contributed by atoms with Gasteiger partial charge in [0.15, 0.2) is 0 Å². The maximum absolute atomic E-state index is 9.29. The zero-order chi connectivity index (χ0) is 15.9. The Morgan fingerprint density at radius 2 is 1.27 bits per heavy atom. The summed E-state index contributed by atoms with van der Waals surface area (Å²) in [6.07, 6.45) is 21.0. The molecule has 0 bridgehead atoms. The van der Waals surface area contributed by atoms with Crippen molar-refractivity contribution in [1.82, 2.24) is 4.90 Å². The van der Waals surface area contributed by atoms with Crippen molar-refractivity contribution in [3.05, 3.63) is 0 Å². The summed E-state index contributed by atoms with van der Waals surface area (Å²) in [5, 5.41) is 9.29. The zero-order valence-corrected chi connectivity index (χ0v) is 15.2. The quantitative estimate of drug-likeness (QED) is 0.426. The average molecular weight is 312 g/mol. The molecule has 132 valence electrons. The Hall–Kier alpha value is -0.0800. The van der Waals surface area contributed by atoms with Gasteiger partial charge >= 0.3 is 0 Å². The fraction of sp³-hybridized carbons (Fsp3) is 1.00. The first-order chi connectivity index (χ1) is 10.9. The lowest BCUT2D eigenvalue weighted by Crippen LogP contribution is -2.39. The Morgan fingerprint density at radius 1 is 0.727 bits per heavy atom. The highest BCUT2D eigenvalue weighted by Crippen LogP contribution is 2.23. The van der Waals surface area contributed by atoms with Gasteiger partial charge in [0.05, 0.1) is 6.61 Å². The van der Waals surface area contributed by atoms with Gasteiger partial charge in [-0.3, -0.25) is 4.90 Å². The predicted molar refractivity (Wildman–Crippen MR) is 97.4 cm³/mol. The Bertz CT molecular complexity index is 226. The molecule has 1 N–H and O–H groups in total. The molecule has 1 rings (SSSR count). The molecule has 1 fully saturated rings. The minimum atomic E-state index is 0.328. The maximum atomic E-state index is 9.29. The van der Waals surface area contributed by atoms with Crippen LogP contribution in [0.5, 0.6) is 0 Å². The lowest BCUT2D eigenvalue weighted by molar-refractivity contribution is 0.122. The Labute approximate surface area is 139 Å².